The number of aromatic hydroxyl groups is 2. The molecule has 0 aliphatic rings. The number of ether oxygens (including phenoxy) is 2. The summed E-state index contributed by atoms with van der Waals surface area (Å²) in [5, 5.41) is 30.7. The average molecular weight is 1300 g/mol. The molecule has 10 aromatic rings. The summed E-state index contributed by atoms with van der Waals surface area (Å²) in [6.07, 6.45) is 1.77. The van der Waals surface area contributed by atoms with E-state index in [-0.39, 0.29) is 96.3 Å². The van der Waals surface area contributed by atoms with Crippen LogP contribution in [0.15, 0.2) is 121 Å². The van der Waals surface area contributed by atoms with E-state index in [1.54, 1.807) is 12.1 Å². The molecule has 0 saturated carbocycles. The lowest BCUT2D eigenvalue weighted by Crippen LogP contribution is -2.25. The number of hydrogen-bond donors (Lipinski definition) is 2. The van der Waals surface area contributed by atoms with Gasteiger partial charge in [0, 0.05) is 60.3 Å². The van der Waals surface area contributed by atoms with Crippen LogP contribution < -0.4 is 9.47 Å². The maximum atomic E-state index is 16.9. The summed E-state index contributed by atoms with van der Waals surface area (Å²) in [5.74, 6) is -1.75. The number of halogens is 4. The van der Waals surface area contributed by atoms with Gasteiger partial charge < -0.3 is 28.8 Å². The maximum Gasteiger partial charge on any atom is 0.167 e. The van der Waals surface area contributed by atoms with Crippen molar-refractivity contribution in [1.82, 2.24) is 9.13 Å². The van der Waals surface area contributed by atoms with Gasteiger partial charge in [-0.15, -0.1) is 0 Å². The van der Waals surface area contributed by atoms with Crippen LogP contribution in [0.4, 0.5) is 8.78 Å². The lowest BCUT2D eigenvalue weighted by molar-refractivity contribution is 0.237. The fraction of sp³-hybridized carbons (Fsp3) is 0.422. The molecule has 10 rings (SSSR count). The highest BCUT2D eigenvalue weighted by atomic mass is 35.5. The molecule has 0 atom stereocenters. The molecular formula is C83H98Cl2F2N2O4. The molecule has 0 bridgehead atoms. The van der Waals surface area contributed by atoms with Crippen LogP contribution in [0, 0.1) is 22.5 Å². The highest BCUT2D eigenvalue weighted by Crippen LogP contribution is 2.52. The molecule has 0 fully saturated rings. The summed E-state index contributed by atoms with van der Waals surface area (Å²) in [7, 11) is 0. The van der Waals surface area contributed by atoms with E-state index in [0.717, 1.165) is 67.6 Å². The Labute approximate surface area is 562 Å². The van der Waals surface area contributed by atoms with Crippen molar-refractivity contribution in [2.75, 3.05) is 13.2 Å². The fourth-order valence-electron chi connectivity index (χ4n) is 14.3. The zero-order chi connectivity index (χ0) is 68.4. The standard InChI is InChI=1S/C83H98Cl2F2N2O4/c1-76(2,3)46-82(19,20)52-38-60(72(90)70(40-52)88-66-28-24-48(78(7,8)9)34-56(66)57-35-49(79(10,11)12)25-29-67(57)88)62-42-54(84)44-64(86)74(62)92-32-23-33-93-75-63(43-55(85)45-65(75)87)61-39-53(83(21,22)47-77(4,5)6)41-71(73(61)91)89-68-30-26-50(80(13,14)15)36-58(68)59-37-51(81(16,17)18)27-31-69(59)89/h24-31,34-45,90-91H,23,32-33,46-47H2,1-22H3. The molecule has 93 heavy (non-hydrogen) atoms. The summed E-state index contributed by atoms with van der Waals surface area (Å²) in [6, 6.07) is 40.2. The van der Waals surface area contributed by atoms with Crippen LogP contribution in [0.1, 0.15) is 205 Å². The van der Waals surface area contributed by atoms with Gasteiger partial charge in [-0.1, -0.05) is 200 Å². The SMILES string of the molecule is CC(C)(C)CC(C)(C)c1cc(-c2cc(Cl)cc(F)c2OCCCOc2c(F)cc(Cl)cc2-c2cc(C(C)(C)CC(C)(C)C)cc(-n3c4ccc(C(C)(C)C)cc4c4cc(C(C)(C)C)ccc43)c2O)c(O)c(-n2c3ccc(C(C)(C)C)cc3c3cc(C(C)(C)C)ccc32)c1. The van der Waals surface area contributed by atoms with Gasteiger partial charge in [0.2, 0.25) is 0 Å². The van der Waals surface area contributed by atoms with Gasteiger partial charge in [-0.05, 0) is 187 Å². The van der Waals surface area contributed by atoms with Gasteiger partial charge in [0.25, 0.3) is 0 Å². The van der Waals surface area contributed by atoms with Crippen LogP contribution >= 0.6 is 23.2 Å². The van der Waals surface area contributed by atoms with Crippen LogP contribution in [0.25, 0.3) is 77.2 Å². The first kappa shape index (κ1) is 68.8. The Morgan fingerprint density at radius 3 is 0.892 bits per heavy atom. The Kier molecular flexibility index (Phi) is 17.8. The van der Waals surface area contributed by atoms with Crippen molar-refractivity contribution in [1.29, 1.82) is 0 Å². The first-order valence-corrected chi connectivity index (χ1v) is 33.8. The Balaban J connectivity index is 1.06. The van der Waals surface area contributed by atoms with Crippen LogP contribution in [0.3, 0.4) is 0 Å². The van der Waals surface area contributed by atoms with Crippen LogP contribution in [-0.4, -0.2) is 32.6 Å². The van der Waals surface area contributed by atoms with Gasteiger partial charge >= 0.3 is 0 Å². The molecule has 0 aliphatic carbocycles. The van der Waals surface area contributed by atoms with Crippen molar-refractivity contribution in [3.8, 4) is 56.6 Å². The molecule has 0 spiro atoms. The van der Waals surface area contributed by atoms with E-state index < -0.39 is 22.5 Å². The molecule has 492 valence electrons. The first-order chi connectivity index (χ1) is 42.8. The number of aromatic nitrogens is 2. The van der Waals surface area contributed by atoms with E-state index in [1.165, 1.54) is 34.4 Å². The van der Waals surface area contributed by atoms with Crippen molar-refractivity contribution in [2.24, 2.45) is 10.8 Å². The molecular weight excluding hydrogens is 1200 g/mol. The Hall–Kier alpha value is -7.00. The van der Waals surface area contributed by atoms with Crippen molar-refractivity contribution < 1.29 is 28.5 Å². The van der Waals surface area contributed by atoms with Crippen molar-refractivity contribution in [3.05, 3.63) is 176 Å². The minimum absolute atomic E-state index is 0.0640. The van der Waals surface area contributed by atoms with Crippen molar-refractivity contribution in [2.45, 2.75) is 204 Å². The second-order valence-electron chi connectivity index (χ2n) is 34.2. The molecule has 0 amide bonds. The van der Waals surface area contributed by atoms with Gasteiger partial charge in [-0.25, -0.2) is 8.78 Å². The average Bonchev–Trinajstić information content (AvgIpc) is 1.62. The molecule has 2 N–H and O–H groups in total. The highest BCUT2D eigenvalue weighted by molar-refractivity contribution is 6.31. The van der Waals surface area contributed by atoms with Crippen molar-refractivity contribution in [3.63, 3.8) is 0 Å². The molecule has 0 radical (unpaired) electrons. The van der Waals surface area contributed by atoms with Gasteiger partial charge in [-0.3, -0.25) is 0 Å². The second-order valence-corrected chi connectivity index (χ2v) is 35.1. The predicted molar refractivity (Wildman–Crippen MR) is 390 cm³/mol. The largest absolute Gasteiger partial charge is 0.505 e. The quantitative estimate of drug-likeness (QED) is 0.106. The Morgan fingerprint density at radius 2 is 0.634 bits per heavy atom. The normalized spacial score (nSPS) is 13.4. The van der Waals surface area contributed by atoms with Crippen LogP contribution in [0.2, 0.25) is 10.0 Å². The molecule has 2 heterocycles. The number of benzene rings is 8. The molecule has 0 saturated heterocycles. The third kappa shape index (κ3) is 13.9. The fourth-order valence-corrected chi connectivity index (χ4v) is 14.7. The third-order valence-corrected chi connectivity index (χ3v) is 19.0. The second kappa shape index (κ2) is 24.0. The molecule has 0 aliphatic heterocycles. The Morgan fingerprint density at radius 1 is 0.355 bits per heavy atom. The van der Waals surface area contributed by atoms with Crippen molar-refractivity contribution >= 4 is 66.8 Å². The zero-order valence-corrected chi connectivity index (χ0v) is 60.7. The number of rotatable bonds is 14. The van der Waals surface area contributed by atoms with E-state index in [0.29, 0.717) is 22.5 Å². The summed E-state index contributed by atoms with van der Waals surface area (Å²) in [6.45, 7) is 48.6. The lowest BCUT2D eigenvalue weighted by Gasteiger charge is -2.34. The number of hydrogen-bond acceptors (Lipinski definition) is 4. The summed E-state index contributed by atoms with van der Waals surface area (Å²) >= 11 is 13.6. The molecule has 6 nitrogen and oxygen atoms in total. The van der Waals surface area contributed by atoms with Gasteiger partial charge in [0.05, 0.1) is 46.7 Å². The van der Waals surface area contributed by atoms with E-state index >= 15 is 8.78 Å². The summed E-state index contributed by atoms with van der Waals surface area (Å²) in [4.78, 5) is 0. The molecule has 2 aromatic heterocycles. The van der Waals surface area contributed by atoms with E-state index in [1.807, 2.05) is 12.1 Å². The van der Waals surface area contributed by atoms with Gasteiger partial charge in [-0.2, -0.15) is 0 Å². The Bertz CT molecular complexity index is 4120. The number of phenols is 2. The zero-order valence-electron chi connectivity index (χ0n) is 59.2. The first-order valence-electron chi connectivity index (χ1n) is 33.0. The highest BCUT2D eigenvalue weighted by Gasteiger charge is 2.35. The lowest BCUT2D eigenvalue weighted by atomic mass is 9.71. The monoisotopic (exact) mass is 1290 g/mol. The number of fused-ring (bicyclic) bond motifs is 6. The van der Waals surface area contributed by atoms with Crippen LogP contribution in [0.5, 0.6) is 23.0 Å². The maximum absolute atomic E-state index is 16.9. The van der Waals surface area contributed by atoms with E-state index in [2.05, 4.69) is 246 Å². The third-order valence-electron chi connectivity index (χ3n) is 18.5. The summed E-state index contributed by atoms with van der Waals surface area (Å²) in [5.41, 5.74) is 11.2. The number of phenolic OH excluding ortho intramolecular Hbond substituents is 2. The smallest absolute Gasteiger partial charge is 0.167 e. The van der Waals surface area contributed by atoms with E-state index in [9.17, 15) is 10.2 Å². The molecule has 8 aromatic carbocycles. The van der Waals surface area contributed by atoms with E-state index in [4.69, 9.17) is 32.7 Å². The van der Waals surface area contributed by atoms with Gasteiger partial charge in [0.1, 0.15) is 11.5 Å². The predicted octanol–water partition coefficient (Wildman–Crippen LogP) is 24.7. The molecule has 10 heteroatoms. The molecule has 0 unspecified atom stereocenters. The van der Waals surface area contributed by atoms with Gasteiger partial charge in [0.15, 0.2) is 23.1 Å². The number of nitrogens with zero attached hydrogens (tertiary/aromatic N) is 2. The summed E-state index contributed by atoms with van der Waals surface area (Å²) < 4.78 is 51.1. The van der Waals surface area contributed by atoms with Crippen LogP contribution in [-0.2, 0) is 32.5 Å². The minimum Gasteiger partial charge on any atom is -0.505 e. The topological polar surface area (TPSA) is 68.8 Å². The minimum atomic E-state index is -0.709.